The van der Waals surface area contributed by atoms with Crippen LogP contribution >= 0.6 is 0 Å². The second-order valence-corrected chi connectivity index (χ2v) is 3.38. The molecule has 5 nitrogen and oxygen atoms in total. The highest BCUT2D eigenvalue weighted by Gasteiger charge is 2.13. The molecular formula is C12H12N2O3. The summed E-state index contributed by atoms with van der Waals surface area (Å²) in [6, 6.07) is 5.16. The normalized spacial score (nSPS) is 11.1. The first-order valence-electron chi connectivity index (χ1n) is 4.90. The van der Waals surface area contributed by atoms with E-state index in [1.54, 1.807) is 24.3 Å². The van der Waals surface area contributed by atoms with Crippen LogP contribution in [0.1, 0.15) is 12.5 Å². The summed E-state index contributed by atoms with van der Waals surface area (Å²) < 4.78 is 0. The van der Waals surface area contributed by atoms with Crippen LogP contribution in [-0.2, 0) is 4.79 Å². The van der Waals surface area contributed by atoms with Gasteiger partial charge in [-0.1, -0.05) is 12.0 Å². The summed E-state index contributed by atoms with van der Waals surface area (Å²) in [4.78, 5) is 21.9. The minimum absolute atomic E-state index is 0.510. The summed E-state index contributed by atoms with van der Waals surface area (Å²) in [6.45, 7) is 1.37. The van der Waals surface area contributed by atoms with E-state index in [-0.39, 0.29) is 0 Å². The van der Waals surface area contributed by atoms with Gasteiger partial charge in [0.05, 0.1) is 0 Å². The monoisotopic (exact) mass is 232 g/mol. The summed E-state index contributed by atoms with van der Waals surface area (Å²) in [5.74, 6) is 1.33. The molecular weight excluding hydrogens is 220 g/mol. The van der Waals surface area contributed by atoms with Crippen molar-refractivity contribution in [2.24, 2.45) is 0 Å². The number of carbonyl (C=O) groups is 2. The van der Waals surface area contributed by atoms with E-state index in [0.29, 0.717) is 11.3 Å². The van der Waals surface area contributed by atoms with Gasteiger partial charge in [-0.3, -0.25) is 4.79 Å². The standard InChI is InChI=1S/C12H12N2O3/c1-3-9-5-4-6-10(7-9)14-12(17)13-8(2)11(15)16/h1,4-8H,2H3,(H,15,16)(H2,13,14,17)/t8-/m1/s1. The molecule has 1 aromatic rings. The number of rotatable bonds is 3. The SMILES string of the molecule is C#Cc1cccc(NC(=O)N[C@H](C)C(=O)O)c1. The number of urea groups is 1. The second kappa shape index (κ2) is 5.56. The Morgan fingerprint density at radius 3 is 2.76 bits per heavy atom. The van der Waals surface area contributed by atoms with Gasteiger partial charge in [0.15, 0.2) is 0 Å². The molecule has 1 atom stereocenters. The van der Waals surface area contributed by atoms with Crippen LogP contribution in [0.15, 0.2) is 24.3 Å². The van der Waals surface area contributed by atoms with Gasteiger partial charge in [0.1, 0.15) is 6.04 Å². The Balaban J connectivity index is 2.62. The lowest BCUT2D eigenvalue weighted by Gasteiger charge is -2.10. The maximum Gasteiger partial charge on any atom is 0.325 e. The highest BCUT2D eigenvalue weighted by Crippen LogP contribution is 2.09. The van der Waals surface area contributed by atoms with Gasteiger partial charge >= 0.3 is 12.0 Å². The molecule has 0 heterocycles. The molecule has 17 heavy (non-hydrogen) atoms. The van der Waals surface area contributed by atoms with E-state index in [9.17, 15) is 9.59 Å². The summed E-state index contributed by atoms with van der Waals surface area (Å²) in [5.41, 5.74) is 1.14. The van der Waals surface area contributed by atoms with Gasteiger partial charge in [-0.15, -0.1) is 6.42 Å². The van der Waals surface area contributed by atoms with Crippen molar-refractivity contribution in [1.82, 2.24) is 5.32 Å². The van der Waals surface area contributed by atoms with E-state index in [0.717, 1.165) is 0 Å². The first kappa shape index (κ1) is 12.6. The molecule has 88 valence electrons. The molecule has 1 aromatic carbocycles. The van der Waals surface area contributed by atoms with E-state index in [1.807, 2.05) is 0 Å². The molecule has 0 radical (unpaired) electrons. The number of hydrogen-bond acceptors (Lipinski definition) is 2. The van der Waals surface area contributed by atoms with E-state index >= 15 is 0 Å². The van der Waals surface area contributed by atoms with Gasteiger partial charge < -0.3 is 15.7 Å². The average molecular weight is 232 g/mol. The van der Waals surface area contributed by atoms with Crippen molar-refractivity contribution in [3.05, 3.63) is 29.8 Å². The molecule has 0 fully saturated rings. The quantitative estimate of drug-likeness (QED) is 0.686. The topological polar surface area (TPSA) is 78.4 Å². The molecule has 3 N–H and O–H groups in total. The molecule has 0 aliphatic heterocycles. The largest absolute Gasteiger partial charge is 0.480 e. The predicted octanol–water partition coefficient (Wildman–Crippen LogP) is 1.26. The maximum absolute atomic E-state index is 11.4. The fraction of sp³-hybridized carbons (Fsp3) is 0.167. The fourth-order valence-corrected chi connectivity index (χ4v) is 1.11. The summed E-state index contributed by atoms with van der Waals surface area (Å²) >= 11 is 0. The van der Waals surface area contributed by atoms with Crippen molar-refractivity contribution < 1.29 is 14.7 Å². The molecule has 0 aromatic heterocycles. The number of anilines is 1. The number of amides is 2. The number of hydrogen-bond donors (Lipinski definition) is 3. The average Bonchev–Trinajstić information content (AvgIpc) is 2.28. The van der Waals surface area contributed by atoms with Crippen molar-refractivity contribution in [3.8, 4) is 12.3 Å². The number of carbonyl (C=O) groups excluding carboxylic acids is 1. The predicted molar refractivity (Wildman–Crippen MR) is 63.6 cm³/mol. The van der Waals surface area contributed by atoms with Crippen LogP contribution in [-0.4, -0.2) is 23.1 Å². The molecule has 0 aliphatic rings. The van der Waals surface area contributed by atoms with Gasteiger partial charge in [0.25, 0.3) is 0 Å². The Morgan fingerprint density at radius 1 is 1.47 bits per heavy atom. The number of carboxylic acid groups (broad SMARTS) is 1. The first-order valence-corrected chi connectivity index (χ1v) is 4.90. The number of benzene rings is 1. The van der Waals surface area contributed by atoms with Crippen molar-refractivity contribution in [2.45, 2.75) is 13.0 Å². The van der Waals surface area contributed by atoms with Crippen LogP contribution < -0.4 is 10.6 Å². The Hall–Kier alpha value is -2.48. The van der Waals surface area contributed by atoms with E-state index in [2.05, 4.69) is 16.6 Å². The summed E-state index contributed by atoms with van der Waals surface area (Å²) in [6.07, 6.45) is 5.21. The van der Waals surface area contributed by atoms with Crippen molar-refractivity contribution >= 4 is 17.7 Å². The van der Waals surface area contributed by atoms with Crippen molar-refractivity contribution in [2.75, 3.05) is 5.32 Å². The lowest BCUT2D eigenvalue weighted by atomic mass is 10.2. The first-order chi connectivity index (χ1) is 8.02. The maximum atomic E-state index is 11.4. The second-order valence-electron chi connectivity index (χ2n) is 3.38. The number of carboxylic acids is 1. The number of terminal acetylenes is 1. The van der Waals surface area contributed by atoms with Gasteiger partial charge in [-0.25, -0.2) is 4.79 Å². The Labute approximate surface area is 98.8 Å². The number of aliphatic carboxylic acids is 1. The molecule has 0 saturated heterocycles. The molecule has 0 saturated carbocycles. The zero-order chi connectivity index (χ0) is 12.8. The molecule has 0 aliphatic carbocycles. The molecule has 0 unspecified atom stereocenters. The van der Waals surface area contributed by atoms with E-state index < -0.39 is 18.0 Å². The zero-order valence-corrected chi connectivity index (χ0v) is 9.23. The van der Waals surface area contributed by atoms with Crippen LogP contribution in [0.4, 0.5) is 10.5 Å². The third-order valence-electron chi connectivity index (χ3n) is 2.01. The zero-order valence-electron chi connectivity index (χ0n) is 9.23. The van der Waals surface area contributed by atoms with Gasteiger partial charge in [-0.05, 0) is 25.1 Å². The van der Waals surface area contributed by atoms with Crippen LogP contribution in [0, 0.1) is 12.3 Å². The molecule has 0 spiro atoms. The third-order valence-corrected chi connectivity index (χ3v) is 2.01. The van der Waals surface area contributed by atoms with E-state index in [1.165, 1.54) is 6.92 Å². The Kier molecular flexibility index (Phi) is 4.12. The van der Waals surface area contributed by atoms with Crippen LogP contribution in [0.25, 0.3) is 0 Å². The van der Waals surface area contributed by atoms with Crippen LogP contribution in [0.3, 0.4) is 0 Å². The highest BCUT2D eigenvalue weighted by molar-refractivity contribution is 5.92. The molecule has 5 heteroatoms. The lowest BCUT2D eigenvalue weighted by Crippen LogP contribution is -2.40. The van der Waals surface area contributed by atoms with Crippen molar-refractivity contribution in [3.63, 3.8) is 0 Å². The minimum Gasteiger partial charge on any atom is -0.480 e. The Bertz CT molecular complexity index is 477. The lowest BCUT2D eigenvalue weighted by molar-refractivity contribution is -0.138. The number of nitrogens with one attached hydrogen (secondary N) is 2. The Morgan fingerprint density at radius 2 is 2.18 bits per heavy atom. The molecule has 0 bridgehead atoms. The van der Waals surface area contributed by atoms with Gasteiger partial charge in [0.2, 0.25) is 0 Å². The van der Waals surface area contributed by atoms with Gasteiger partial charge in [0, 0.05) is 11.3 Å². The smallest absolute Gasteiger partial charge is 0.325 e. The fourth-order valence-electron chi connectivity index (χ4n) is 1.11. The van der Waals surface area contributed by atoms with Gasteiger partial charge in [-0.2, -0.15) is 0 Å². The third kappa shape index (κ3) is 3.87. The van der Waals surface area contributed by atoms with Crippen LogP contribution in [0.2, 0.25) is 0 Å². The highest BCUT2D eigenvalue weighted by atomic mass is 16.4. The molecule has 1 rings (SSSR count). The summed E-state index contributed by atoms with van der Waals surface area (Å²) in [5, 5.41) is 13.4. The van der Waals surface area contributed by atoms with Crippen molar-refractivity contribution in [1.29, 1.82) is 0 Å². The molecule has 2 amide bonds. The summed E-state index contributed by atoms with van der Waals surface area (Å²) in [7, 11) is 0. The van der Waals surface area contributed by atoms with Crippen LogP contribution in [0.5, 0.6) is 0 Å². The van der Waals surface area contributed by atoms with E-state index in [4.69, 9.17) is 11.5 Å². The minimum atomic E-state index is -1.10.